The molecule has 9 nitrogen and oxygen atoms in total. The van der Waals surface area contributed by atoms with Crippen molar-refractivity contribution in [1.29, 1.82) is 0 Å². The summed E-state index contributed by atoms with van der Waals surface area (Å²) in [5, 5.41) is 16.0. The first kappa shape index (κ1) is 26.6. The predicted octanol–water partition coefficient (Wildman–Crippen LogP) is 5.57. The minimum absolute atomic E-state index is 0.0197. The van der Waals surface area contributed by atoms with Gasteiger partial charge in [0.1, 0.15) is 18.0 Å². The maximum absolute atomic E-state index is 13.8. The number of carbonyl (C=O) groups is 2. The zero-order valence-electron chi connectivity index (χ0n) is 22.6. The molecule has 0 radical (unpaired) electrons. The monoisotopic (exact) mass is 557 g/mol. The number of rotatable bonds is 7. The number of ether oxygens (including phenoxy) is 1. The number of aliphatic hydroxyl groups excluding tert-OH is 1. The summed E-state index contributed by atoms with van der Waals surface area (Å²) in [6.45, 7) is 0.488. The van der Waals surface area contributed by atoms with Gasteiger partial charge >= 0.3 is 6.09 Å². The molecule has 208 valence electrons. The fraction of sp³-hybridized carbons (Fsp3) is 0.121. The lowest BCUT2D eigenvalue weighted by atomic mass is 9.96. The molecule has 9 heteroatoms. The van der Waals surface area contributed by atoms with Crippen LogP contribution in [0.3, 0.4) is 0 Å². The number of pyridine rings is 2. The highest BCUT2D eigenvalue weighted by atomic mass is 16.6. The van der Waals surface area contributed by atoms with Gasteiger partial charge in [0.25, 0.3) is 0 Å². The van der Waals surface area contributed by atoms with Gasteiger partial charge in [-0.25, -0.2) is 4.79 Å². The lowest BCUT2D eigenvalue weighted by molar-refractivity contribution is 0.0853. The third-order valence-corrected chi connectivity index (χ3v) is 6.91. The topological polar surface area (TPSA) is 110 Å². The summed E-state index contributed by atoms with van der Waals surface area (Å²) in [5.74, 6) is -0.896. The van der Waals surface area contributed by atoms with Gasteiger partial charge < -0.3 is 9.84 Å². The van der Waals surface area contributed by atoms with Crippen LogP contribution in [0.5, 0.6) is 0 Å². The second-order valence-electron chi connectivity index (χ2n) is 9.90. The Morgan fingerprint density at radius 3 is 2.45 bits per heavy atom. The molecule has 0 bridgehead atoms. The van der Waals surface area contributed by atoms with Crippen LogP contribution in [0.2, 0.25) is 0 Å². The Morgan fingerprint density at radius 2 is 1.67 bits per heavy atom. The van der Waals surface area contributed by atoms with Crippen molar-refractivity contribution in [2.24, 2.45) is 0 Å². The van der Waals surface area contributed by atoms with E-state index in [9.17, 15) is 14.7 Å². The summed E-state index contributed by atoms with van der Waals surface area (Å²) >= 11 is 0. The van der Waals surface area contributed by atoms with Gasteiger partial charge in [-0.3, -0.25) is 24.3 Å². The van der Waals surface area contributed by atoms with Crippen molar-refractivity contribution in [2.45, 2.75) is 26.1 Å². The molecule has 0 atom stereocenters. The van der Waals surface area contributed by atoms with Crippen molar-refractivity contribution in [3.05, 3.63) is 155 Å². The largest absolute Gasteiger partial charge is 0.505 e. The van der Waals surface area contributed by atoms with E-state index in [2.05, 4.69) is 15.1 Å². The summed E-state index contributed by atoms with van der Waals surface area (Å²) in [4.78, 5) is 37.1. The first-order chi connectivity index (χ1) is 20.5. The number of hydrogen-bond acceptors (Lipinski definition) is 7. The van der Waals surface area contributed by atoms with Crippen molar-refractivity contribution in [1.82, 2.24) is 24.6 Å². The lowest BCUT2D eigenvalue weighted by Crippen LogP contribution is -2.39. The van der Waals surface area contributed by atoms with E-state index in [0.29, 0.717) is 24.1 Å². The van der Waals surface area contributed by atoms with Crippen LogP contribution < -0.4 is 0 Å². The fourth-order valence-corrected chi connectivity index (χ4v) is 4.97. The van der Waals surface area contributed by atoms with Crippen LogP contribution in [0.15, 0.2) is 115 Å². The highest BCUT2D eigenvalue weighted by molar-refractivity contribution is 6.14. The van der Waals surface area contributed by atoms with E-state index in [4.69, 9.17) is 4.74 Å². The Bertz CT molecular complexity index is 1750. The van der Waals surface area contributed by atoms with E-state index >= 15 is 0 Å². The van der Waals surface area contributed by atoms with Gasteiger partial charge in [-0.05, 0) is 53.1 Å². The number of carbonyl (C=O) groups excluding carboxylic acids is 2. The maximum atomic E-state index is 13.8. The molecule has 5 aromatic rings. The molecule has 4 heterocycles. The standard InChI is InChI=1S/C33H27N5O4/c39-31(27-17-24(19-28-11-4-5-12-34-28)16-25(18-27)20-37-15-7-14-36-37)30-32(40)29-26(10-6-13-35-29)21-38(30)33(41)42-22-23-8-2-1-3-9-23/h1-18,39H,19-22H2. The summed E-state index contributed by atoms with van der Waals surface area (Å²) < 4.78 is 7.36. The minimum atomic E-state index is -0.746. The molecule has 1 aliphatic heterocycles. The van der Waals surface area contributed by atoms with Gasteiger partial charge in [0.15, 0.2) is 5.76 Å². The van der Waals surface area contributed by atoms with Crippen molar-refractivity contribution in [3.63, 3.8) is 0 Å². The summed E-state index contributed by atoms with van der Waals surface area (Å²) in [5.41, 5.74) is 4.34. The smallest absolute Gasteiger partial charge is 0.415 e. The highest BCUT2D eigenvalue weighted by Crippen LogP contribution is 2.31. The molecule has 3 aromatic heterocycles. The van der Waals surface area contributed by atoms with Crippen molar-refractivity contribution in [2.75, 3.05) is 0 Å². The highest BCUT2D eigenvalue weighted by Gasteiger charge is 2.37. The van der Waals surface area contributed by atoms with E-state index in [1.54, 1.807) is 41.3 Å². The number of amides is 1. The van der Waals surface area contributed by atoms with Crippen LogP contribution in [0.1, 0.15) is 44.0 Å². The van der Waals surface area contributed by atoms with Gasteiger partial charge in [-0.15, -0.1) is 0 Å². The van der Waals surface area contributed by atoms with Gasteiger partial charge in [0, 0.05) is 48.0 Å². The first-order valence-corrected chi connectivity index (χ1v) is 13.5. The van der Waals surface area contributed by atoms with Crippen molar-refractivity contribution < 1.29 is 19.4 Å². The second kappa shape index (κ2) is 11.9. The normalized spacial score (nSPS) is 13.9. The number of hydrogen-bond donors (Lipinski definition) is 1. The molecule has 0 unspecified atom stereocenters. The molecule has 1 aliphatic rings. The SMILES string of the molecule is O=C1C(=C(O)c2cc(Cc3ccccn3)cc(Cn3cccn3)c2)N(C(=O)OCc2ccccc2)Cc2cccnc21. The number of aromatic nitrogens is 4. The number of ketones is 1. The zero-order chi connectivity index (χ0) is 28.9. The summed E-state index contributed by atoms with van der Waals surface area (Å²) in [6, 6.07) is 25.9. The van der Waals surface area contributed by atoms with Gasteiger partial charge in [0.2, 0.25) is 5.78 Å². The Labute approximate surface area is 242 Å². The molecule has 1 amide bonds. The third kappa shape index (κ3) is 5.80. The Morgan fingerprint density at radius 1 is 0.857 bits per heavy atom. The number of nitrogens with zero attached hydrogens (tertiary/aromatic N) is 5. The van der Waals surface area contributed by atoms with Crippen LogP contribution in [0.4, 0.5) is 4.79 Å². The van der Waals surface area contributed by atoms with E-state index in [1.807, 2.05) is 66.9 Å². The van der Waals surface area contributed by atoms with E-state index < -0.39 is 11.9 Å². The summed E-state index contributed by atoms with van der Waals surface area (Å²) in [6.07, 6.45) is 6.55. The van der Waals surface area contributed by atoms with Crippen molar-refractivity contribution in [3.8, 4) is 0 Å². The Hall–Kier alpha value is -5.57. The van der Waals surface area contributed by atoms with Gasteiger partial charge in [-0.2, -0.15) is 5.10 Å². The molecule has 0 fully saturated rings. The molecule has 1 N–H and O–H groups in total. The molecule has 6 rings (SSSR count). The molecular formula is C33H27N5O4. The van der Waals surface area contributed by atoms with Crippen molar-refractivity contribution >= 4 is 17.6 Å². The Kier molecular flexibility index (Phi) is 7.54. The average molecular weight is 558 g/mol. The molecule has 0 aliphatic carbocycles. The van der Waals surface area contributed by atoms with Crippen LogP contribution in [0, 0.1) is 0 Å². The third-order valence-electron chi connectivity index (χ3n) is 6.91. The van der Waals surface area contributed by atoms with E-state index in [1.165, 1.54) is 11.1 Å². The molecule has 0 saturated carbocycles. The fourth-order valence-electron chi connectivity index (χ4n) is 4.97. The molecule has 0 spiro atoms. The van der Waals surface area contributed by atoms with Crippen LogP contribution in [-0.2, 0) is 30.9 Å². The van der Waals surface area contributed by atoms with Crippen LogP contribution in [0.25, 0.3) is 5.76 Å². The van der Waals surface area contributed by atoms with E-state index in [-0.39, 0.29) is 30.3 Å². The quantitative estimate of drug-likeness (QED) is 0.206. The number of benzene rings is 2. The molecule has 42 heavy (non-hydrogen) atoms. The first-order valence-electron chi connectivity index (χ1n) is 13.5. The average Bonchev–Trinajstić information content (AvgIpc) is 3.53. The van der Waals surface area contributed by atoms with Gasteiger partial charge in [0.05, 0.1) is 13.1 Å². The lowest BCUT2D eigenvalue weighted by Gasteiger charge is -2.29. The van der Waals surface area contributed by atoms with Gasteiger partial charge in [-0.1, -0.05) is 48.5 Å². The Balaban J connectivity index is 1.41. The zero-order valence-corrected chi connectivity index (χ0v) is 22.6. The van der Waals surface area contributed by atoms with Crippen LogP contribution >= 0.6 is 0 Å². The number of fused-ring (bicyclic) bond motifs is 1. The number of aliphatic hydroxyl groups is 1. The molecule has 2 aromatic carbocycles. The number of allylic oxidation sites excluding steroid dienone is 1. The number of Topliss-reactive ketones (excluding diaryl/α,β-unsaturated/α-hetero) is 1. The second-order valence-corrected chi connectivity index (χ2v) is 9.90. The molecule has 0 saturated heterocycles. The van der Waals surface area contributed by atoms with Crippen LogP contribution in [-0.4, -0.2) is 41.6 Å². The van der Waals surface area contributed by atoms with E-state index in [0.717, 1.165) is 22.4 Å². The predicted molar refractivity (Wildman–Crippen MR) is 155 cm³/mol. The molecular weight excluding hydrogens is 530 g/mol. The summed E-state index contributed by atoms with van der Waals surface area (Å²) in [7, 11) is 0. The minimum Gasteiger partial charge on any atom is -0.505 e. The maximum Gasteiger partial charge on any atom is 0.415 e.